The fraction of sp³-hybridized carbons (Fsp3) is 0.458. The number of nitriles is 1. The van der Waals surface area contributed by atoms with Gasteiger partial charge in [-0.1, -0.05) is 19.9 Å². The van der Waals surface area contributed by atoms with E-state index in [9.17, 15) is 14.9 Å². The van der Waals surface area contributed by atoms with Gasteiger partial charge in [0.05, 0.1) is 12.8 Å². The van der Waals surface area contributed by atoms with E-state index < -0.39 is 11.7 Å². The molecule has 1 amide bonds. The molecule has 0 fully saturated rings. The Labute approximate surface area is 188 Å². The summed E-state index contributed by atoms with van der Waals surface area (Å²) in [6.45, 7) is 10.2. The fourth-order valence-corrected chi connectivity index (χ4v) is 2.86. The maximum atomic E-state index is 12.6. The monoisotopic (exact) mass is 441 g/mol. The van der Waals surface area contributed by atoms with Crippen LogP contribution in [0, 0.1) is 17.2 Å². The fourth-order valence-electron chi connectivity index (χ4n) is 2.86. The molecule has 2 rings (SSSR count). The van der Waals surface area contributed by atoms with Gasteiger partial charge in [0.1, 0.15) is 29.8 Å². The first-order valence-corrected chi connectivity index (χ1v) is 10.5. The number of nitrogens with one attached hydrogen (secondary N) is 1. The second kappa shape index (κ2) is 10.7. The lowest BCUT2D eigenvalue weighted by atomic mass is 10.1. The van der Waals surface area contributed by atoms with Gasteiger partial charge in [0.2, 0.25) is 0 Å². The highest BCUT2D eigenvalue weighted by Gasteiger charge is 2.18. The molecule has 0 radical (unpaired) electrons. The number of carbonyl (C=O) groups is 1. The van der Waals surface area contributed by atoms with Crippen molar-refractivity contribution in [1.82, 2.24) is 4.57 Å². The number of anilines is 1. The number of methoxy groups -OCH3 is 1. The summed E-state index contributed by atoms with van der Waals surface area (Å²) in [5.74, 6) is 1.11. The van der Waals surface area contributed by atoms with Gasteiger partial charge in [-0.2, -0.15) is 5.26 Å². The minimum Gasteiger partial charge on any atom is -0.495 e. The Kier molecular flexibility index (Phi) is 8.30. The largest absolute Gasteiger partial charge is 0.495 e. The Balaban J connectivity index is 2.14. The molecular formula is C24H31N3O5. The summed E-state index contributed by atoms with van der Waals surface area (Å²) in [4.78, 5) is 24.6. The van der Waals surface area contributed by atoms with Crippen LogP contribution >= 0.6 is 0 Å². The van der Waals surface area contributed by atoms with E-state index in [2.05, 4.69) is 19.2 Å². The van der Waals surface area contributed by atoms with Gasteiger partial charge in [-0.25, -0.2) is 4.79 Å². The van der Waals surface area contributed by atoms with E-state index in [0.29, 0.717) is 23.9 Å². The van der Waals surface area contributed by atoms with Crippen LogP contribution in [0.3, 0.4) is 0 Å². The minimum atomic E-state index is -0.618. The second-order valence-corrected chi connectivity index (χ2v) is 8.80. The number of hydrogen-bond donors (Lipinski definition) is 1. The van der Waals surface area contributed by atoms with E-state index in [1.165, 1.54) is 11.7 Å². The SMILES string of the molecule is COc1cc(COc2ccn(CCC(C)C)c(=O)c2C#N)ccc1NC(=O)OC(C)(C)C. The Morgan fingerprint density at radius 1 is 1.22 bits per heavy atom. The van der Waals surface area contributed by atoms with Crippen LogP contribution in [0.2, 0.25) is 0 Å². The van der Waals surface area contributed by atoms with Crippen molar-refractivity contribution in [2.75, 3.05) is 12.4 Å². The van der Waals surface area contributed by atoms with E-state index in [1.54, 1.807) is 51.2 Å². The predicted octanol–water partition coefficient (Wildman–Crippen LogP) is 4.70. The molecule has 1 aromatic heterocycles. The molecule has 0 aliphatic carbocycles. The van der Waals surface area contributed by atoms with E-state index >= 15 is 0 Å². The highest BCUT2D eigenvalue weighted by atomic mass is 16.6. The van der Waals surface area contributed by atoms with Gasteiger partial charge in [-0.15, -0.1) is 0 Å². The van der Waals surface area contributed by atoms with Crippen molar-refractivity contribution in [2.24, 2.45) is 5.92 Å². The number of benzene rings is 1. The smallest absolute Gasteiger partial charge is 0.412 e. The van der Waals surface area contributed by atoms with Gasteiger partial charge >= 0.3 is 6.09 Å². The standard InChI is InChI=1S/C24H31N3O5/c1-16(2)9-11-27-12-10-20(18(14-25)22(27)28)31-15-17-7-8-19(21(13-17)30-6)26-23(29)32-24(3,4)5/h7-8,10,12-13,16H,9,11,15H2,1-6H3,(H,26,29). The van der Waals surface area contributed by atoms with Gasteiger partial charge in [0.15, 0.2) is 5.56 Å². The lowest BCUT2D eigenvalue weighted by molar-refractivity contribution is 0.0635. The molecule has 1 heterocycles. The van der Waals surface area contributed by atoms with Crippen molar-refractivity contribution in [3.05, 3.63) is 51.9 Å². The molecule has 0 aliphatic heterocycles. The van der Waals surface area contributed by atoms with Gasteiger partial charge in [0, 0.05) is 12.7 Å². The van der Waals surface area contributed by atoms with Crippen LogP contribution in [-0.4, -0.2) is 23.4 Å². The summed E-state index contributed by atoms with van der Waals surface area (Å²) in [5.41, 5.74) is 0.194. The third kappa shape index (κ3) is 7.05. The van der Waals surface area contributed by atoms with Crippen molar-refractivity contribution in [3.63, 3.8) is 0 Å². The third-order valence-electron chi connectivity index (χ3n) is 4.48. The van der Waals surface area contributed by atoms with Gasteiger partial charge in [-0.3, -0.25) is 10.1 Å². The lowest BCUT2D eigenvalue weighted by Gasteiger charge is -2.20. The molecule has 2 aromatic rings. The maximum absolute atomic E-state index is 12.6. The summed E-state index contributed by atoms with van der Waals surface area (Å²) < 4.78 is 17.9. The molecule has 172 valence electrons. The van der Waals surface area contributed by atoms with Crippen molar-refractivity contribution in [1.29, 1.82) is 5.26 Å². The zero-order chi connectivity index (χ0) is 23.9. The zero-order valence-corrected chi connectivity index (χ0v) is 19.5. The van der Waals surface area contributed by atoms with Crippen LogP contribution in [0.4, 0.5) is 10.5 Å². The predicted molar refractivity (Wildman–Crippen MR) is 122 cm³/mol. The second-order valence-electron chi connectivity index (χ2n) is 8.80. The number of rotatable bonds is 8. The van der Waals surface area contributed by atoms with Crippen molar-refractivity contribution < 1.29 is 19.0 Å². The average molecular weight is 442 g/mol. The first-order chi connectivity index (χ1) is 15.0. The number of aryl methyl sites for hydroxylation is 1. The molecule has 1 aromatic carbocycles. The number of amides is 1. The van der Waals surface area contributed by atoms with E-state index in [0.717, 1.165) is 12.0 Å². The van der Waals surface area contributed by atoms with E-state index in [4.69, 9.17) is 14.2 Å². The highest BCUT2D eigenvalue weighted by molar-refractivity contribution is 5.87. The van der Waals surface area contributed by atoms with Crippen molar-refractivity contribution >= 4 is 11.8 Å². The third-order valence-corrected chi connectivity index (χ3v) is 4.48. The molecule has 0 saturated heterocycles. The summed E-state index contributed by atoms with van der Waals surface area (Å²) >= 11 is 0. The number of aromatic nitrogens is 1. The van der Waals surface area contributed by atoms with Crippen LogP contribution in [-0.2, 0) is 17.9 Å². The summed E-state index contributed by atoms with van der Waals surface area (Å²) in [5, 5.41) is 12.1. The van der Waals surface area contributed by atoms with Crippen LogP contribution in [0.25, 0.3) is 0 Å². The Hall–Kier alpha value is -3.47. The molecule has 0 aliphatic rings. The molecule has 8 heteroatoms. The van der Waals surface area contributed by atoms with Crippen LogP contribution < -0.4 is 20.3 Å². The molecule has 32 heavy (non-hydrogen) atoms. The van der Waals surface area contributed by atoms with Gasteiger partial charge in [0.25, 0.3) is 5.56 Å². The number of ether oxygens (including phenoxy) is 3. The van der Waals surface area contributed by atoms with Crippen molar-refractivity contribution in [2.45, 2.75) is 59.8 Å². The quantitative estimate of drug-likeness (QED) is 0.637. The van der Waals surface area contributed by atoms with E-state index in [1.807, 2.05) is 6.07 Å². The maximum Gasteiger partial charge on any atom is 0.412 e. The molecule has 8 nitrogen and oxygen atoms in total. The first-order valence-electron chi connectivity index (χ1n) is 10.5. The summed E-state index contributed by atoms with van der Waals surface area (Å²) in [6.07, 6.45) is 1.90. The van der Waals surface area contributed by atoms with Crippen molar-refractivity contribution in [3.8, 4) is 17.6 Å². The molecule has 0 spiro atoms. The molecule has 0 saturated carbocycles. The number of hydrogen-bond acceptors (Lipinski definition) is 6. The van der Waals surface area contributed by atoms with E-state index in [-0.39, 0.29) is 23.5 Å². The Morgan fingerprint density at radius 2 is 1.94 bits per heavy atom. The Morgan fingerprint density at radius 3 is 2.53 bits per heavy atom. The molecule has 0 atom stereocenters. The topological polar surface area (TPSA) is 103 Å². The zero-order valence-electron chi connectivity index (χ0n) is 19.5. The normalized spacial score (nSPS) is 11.1. The van der Waals surface area contributed by atoms with Crippen LogP contribution in [0.5, 0.6) is 11.5 Å². The molecule has 0 bridgehead atoms. The minimum absolute atomic E-state index is 0.0218. The number of carbonyl (C=O) groups excluding carboxylic acids is 1. The summed E-state index contributed by atoms with van der Waals surface area (Å²) in [6, 6.07) is 8.73. The van der Waals surface area contributed by atoms with Crippen LogP contribution in [0.1, 0.15) is 52.2 Å². The molecule has 0 unspecified atom stereocenters. The summed E-state index contributed by atoms with van der Waals surface area (Å²) in [7, 11) is 1.49. The average Bonchev–Trinajstić information content (AvgIpc) is 2.70. The molecular weight excluding hydrogens is 410 g/mol. The Bertz CT molecular complexity index is 1050. The van der Waals surface area contributed by atoms with Gasteiger partial charge < -0.3 is 18.8 Å². The van der Waals surface area contributed by atoms with Gasteiger partial charge in [-0.05, 0) is 56.9 Å². The van der Waals surface area contributed by atoms with Crippen LogP contribution in [0.15, 0.2) is 35.3 Å². The number of pyridine rings is 1. The lowest BCUT2D eigenvalue weighted by Crippen LogP contribution is -2.27. The highest BCUT2D eigenvalue weighted by Crippen LogP contribution is 2.27. The molecule has 1 N–H and O–H groups in total. The number of nitrogens with zero attached hydrogens (tertiary/aromatic N) is 2. The first kappa shape index (κ1) is 24.8.